The third-order valence-electron chi connectivity index (χ3n) is 4.09. The van der Waals surface area contributed by atoms with Crippen molar-refractivity contribution in [2.24, 2.45) is 5.41 Å². The van der Waals surface area contributed by atoms with Crippen LogP contribution >= 0.6 is 0 Å². The predicted octanol–water partition coefficient (Wildman–Crippen LogP) is 3.70. The van der Waals surface area contributed by atoms with Crippen LogP contribution in [0.2, 0.25) is 0 Å². The minimum Gasteiger partial charge on any atom is -0.377 e. The first kappa shape index (κ1) is 18.7. The van der Waals surface area contributed by atoms with Gasteiger partial charge >= 0.3 is 0 Å². The SMILES string of the molecule is CCc1cc(C#N)ccc1Nc1c(N[C@H](C)CC(C)(C)C)c(=O)c1=O. The van der Waals surface area contributed by atoms with E-state index in [9.17, 15) is 9.59 Å². The van der Waals surface area contributed by atoms with Crippen LogP contribution in [0.25, 0.3) is 0 Å². The molecule has 0 saturated heterocycles. The Balaban J connectivity index is 2.25. The Kier molecular flexibility index (Phi) is 5.32. The lowest BCUT2D eigenvalue weighted by Crippen LogP contribution is -2.39. The highest BCUT2D eigenvalue weighted by Gasteiger charge is 2.24. The van der Waals surface area contributed by atoms with Crippen LogP contribution < -0.4 is 21.5 Å². The standard InChI is InChI=1S/C20H25N3O2/c1-6-14-9-13(11-21)7-8-15(14)23-17-16(18(24)19(17)25)22-12(2)10-20(3,4)5/h7-9,12,22-23H,6,10H2,1-5H3/t12-/m1/s1. The summed E-state index contributed by atoms with van der Waals surface area (Å²) in [6.07, 6.45) is 1.60. The number of benzene rings is 1. The normalized spacial score (nSPS) is 12.6. The second-order valence-corrected chi connectivity index (χ2v) is 7.68. The van der Waals surface area contributed by atoms with Gasteiger partial charge in [0.25, 0.3) is 10.9 Å². The van der Waals surface area contributed by atoms with Crippen LogP contribution in [0.15, 0.2) is 27.8 Å². The number of nitrogens with one attached hydrogen (secondary N) is 2. The largest absolute Gasteiger partial charge is 0.377 e. The van der Waals surface area contributed by atoms with Crippen LogP contribution in [0, 0.1) is 16.7 Å². The fraction of sp³-hybridized carbons (Fsp3) is 0.450. The van der Waals surface area contributed by atoms with Crippen molar-refractivity contribution in [1.29, 1.82) is 5.26 Å². The third-order valence-corrected chi connectivity index (χ3v) is 4.09. The molecule has 0 saturated carbocycles. The lowest BCUT2D eigenvalue weighted by molar-refractivity contribution is 0.358. The summed E-state index contributed by atoms with van der Waals surface area (Å²) in [6, 6.07) is 7.45. The molecule has 0 unspecified atom stereocenters. The summed E-state index contributed by atoms with van der Waals surface area (Å²) >= 11 is 0. The predicted molar refractivity (Wildman–Crippen MR) is 102 cm³/mol. The fourth-order valence-electron chi connectivity index (χ4n) is 3.08. The Labute approximate surface area is 148 Å². The summed E-state index contributed by atoms with van der Waals surface area (Å²) in [7, 11) is 0. The highest BCUT2D eigenvalue weighted by atomic mass is 16.2. The average Bonchev–Trinajstić information content (AvgIpc) is 2.55. The Hall–Kier alpha value is -2.61. The minimum atomic E-state index is -0.503. The highest BCUT2D eigenvalue weighted by molar-refractivity contribution is 5.80. The van der Waals surface area contributed by atoms with Crippen molar-refractivity contribution in [1.82, 2.24) is 0 Å². The number of nitrogens with zero attached hydrogens (tertiary/aromatic N) is 1. The molecule has 0 aliphatic rings. The smallest absolute Gasteiger partial charge is 0.253 e. The van der Waals surface area contributed by atoms with Crippen molar-refractivity contribution >= 4 is 17.1 Å². The molecular formula is C20H25N3O2. The van der Waals surface area contributed by atoms with Crippen molar-refractivity contribution in [2.45, 2.75) is 53.5 Å². The maximum Gasteiger partial charge on any atom is 0.253 e. The maximum atomic E-state index is 12.0. The Morgan fingerprint density at radius 3 is 2.36 bits per heavy atom. The molecule has 1 atom stereocenters. The van der Waals surface area contributed by atoms with Crippen LogP contribution in [0.4, 0.5) is 17.1 Å². The van der Waals surface area contributed by atoms with E-state index in [2.05, 4.69) is 37.5 Å². The summed E-state index contributed by atoms with van der Waals surface area (Å²) in [5.74, 6) is 0. The molecule has 0 aliphatic carbocycles. The first-order valence-electron chi connectivity index (χ1n) is 8.56. The van der Waals surface area contributed by atoms with Gasteiger partial charge in [0.2, 0.25) is 0 Å². The van der Waals surface area contributed by atoms with Gasteiger partial charge in [-0.3, -0.25) is 9.59 Å². The Morgan fingerprint density at radius 1 is 1.16 bits per heavy atom. The molecule has 0 amide bonds. The van der Waals surface area contributed by atoms with E-state index in [1.54, 1.807) is 18.2 Å². The molecule has 0 bridgehead atoms. The summed E-state index contributed by atoms with van der Waals surface area (Å²) in [4.78, 5) is 24.0. The van der Waals surface area contributed by atoms with Gasteiger partial charge in [0, 0.05) is 11.7 Å². The van der Waals surface area contributed by atoms with Crippen molar-refractivity contribution in [2.75, 3.05) is 10.6 Å². The Bertz CT molecular complexity index is 878. The van der Waals surface area contributed by atoms with Crippen LogP contribution in [-0.4, -0.2) is 6.04 Å². The molecule has 5 heteroatoms. The molecule has 0 radical (unpaired) electrons. The van der Waals surface area contributed by atoms with Gasteiger partial charge in [-0.25, -0.2) is 0 Å². The monoisotopic (exact) mass is 339 g/mol. The van der Waals surface area contributed by atoms with Crippen molar-refractivity contribution in [3.8, 4) is 6.07 Å². The Morgan fingerprint density at radius 2 is 1.80 bits per heavy atom. The molecule has 0 aromatic heterocycles. The maximum absolute atomic E-state index is 12.0. The first-order chi connectivity index (χ1) is 11.7. The first-order valence-corrected chi connectivity index (χ1v) is 8.56. The number of rotatable bonds is 6. The number of anilines is 3. The topological polar surface area (TPSA) is 82.0 Å². The molecule has 0 fully saturated rings. The third kappa shape index (κ3) is 4.27. The molecular weight excluding hydrogens is 314 g/mol. The van der Waals surface area contributed by atoms with Gasteiger partial charge in [-0.05, 0) is 48.9 Å². The molecule has 0 spiro atoms. The van der Waals surface area contributed by atoms with Crippen molar-refractivity contribution in [3.63, 3.8) is 0 Å². The average molecular weight is 339 g/mol. The fourth-order valence-corrected chi connectivity index (χ4v) is 3.08. The van der Waals surface area contributed by atoms with Gasteiger partial charge in [0.1, 0.15) is 11.4 Å². The molecule has 2 N–H and O–H groups in total. The van der Waals surface area contributed by atoms with E-state index in [1.807, 2.05) is 13.8 Å². The molecule has 2 aromatic carbocycles. The zero-order chi connectivity index (χ0) is 18.8. The van der Waals surface area contributed by atoms with Crippen molar-refractivity contribution in [3.05, 3.63) is 49.8 Å². The lowest BCUT2D eigenvalue weighted by Gasteiger charge is -2.26. The van der Waals surface area contributed by atoms with Crippen LogP contribution in [0.5, 0.6) is 0 Å². The summed E-state index contributed by atoms with van der Waals surface area (Å²) < 4.78 is 0. The van der Waals surface area contributed by atoms with Crippen LogP contribution in [0.1, 0.15) is 52.2 Å². The van der Waals surface area contributed by atoms with E-state index in [0.717, 1.165) is 24.1 Å². The van der Waals surface area contributed by atoms with E-state index in [-0.39, 0.29) is 11.5 Å². The molecule has 25 heavy (non-hydrogen) atoms. The number of hydrogen-bond donors (Lipinski definition) is 2. The van der Waals surface area contributed by atoms with Crippen LogP contribution in [0.3, 0.4) is 0 Å². The number of hydrogen-bond acceptors (Lipinski definition) is 5. The number of nitriles is 1. The minimum absolute atomic E-state index is 0.0791. The zero-order valence-corrected chi connectivity index (χ0v) is 15.5. The summed E-state index contributed by atoms with van der Waals surface area (Å²) in [6.45, 7) is 10.4. The molecule has 5 nitrogen and oxygen atoms in total. The summed E-state index contributed by atoms with van der Waals surface area (Å²) in [5, 5.41) is 15.3. The molecule has 2 rings (SSSR count). The molecule has 0 aliphatic heterocycles. The highest BCUT2D eigenvalue weighted by Crippen LogP contribution is 2.27. The van der Waals surface area contributed by atoms with E-state index in [0.29, 0.717) is 16.9 Å². The van der Waals surface area contributed by atoms with Gasteiger partial charge in [-0.2, -0.15) is 5.26 Å². The van der Waals surface area contributed by atoms with Gasteiger partial charge in [0.05, 0.1) is 11.6 Å². The van der Waals surface area contributed by atoms with Gasteiger partial charge in [-0.15, -0.1) is 0 Å². The molecule has 132 valence electrons. The summed E-state index contributed by atoms with van der Waals surface area (Å²) in [5.41, 5.74) is 2.07. The van der Waals surface area contributed by atoms with Gasteiger partial charge in [-0.1, -0.05) is 27.7 Å². The van der Waals surface area contributed by atoms with E-state index >= 15 is 0 Å². The van der Waals surface area contributed by atoms with Gasteiger partial charge < -0.3 is 10.6 Å². The van der Waals surface area contributed by atoms with Crippen LogP contribution in [-0.2, 0) is 6.42 Å². The second kappa shape index (κ2) is 7.10. The number of aryl methyl sites for hydroxylation is 1. The van der Waals surface area contributed by atoms with E-state index in [4.69, 9.17) is 5.26 Å². The molecule has 0 heterocycles. The molecule has 2 aromatic rings. The zero-order valence-electron chi connectivity index (χ0n) is 15.5. The second-order valence-electron chi connectivity index (χ2n) is 7.68. The lowest BCUT2D eigenvalue weighted by atomic mass is 9.88. The van der Waals surface area contributed by atoms with Crippen molar-refractivity contribution < 1.29 is 0 Å². The quantitative estimate of drug-likeness (QED) is 0.784. The van der Waals surface area contributed by atoms with E-state index in [1.165, 1.54) is 0 Å². The van der Waals surface area contributed by atoms with E-state index < -0.39 is 10.9 Å². The van der Waals surface area contributed by atoms with Gasteiger partial charge in [0.15, 0.2) is 0 Å².